The van der Waals surface area contributed by atoms with E-state index in [1.807, 2.05) is 20.8 Å². The van der Waals surface area contributed by atoms with Crippen molar-refractivity contribution in [2.45, 2.75) is 45.4 Å². The molecule has 2 rings (SSSR count). The molecule has 21 heavy (non-hydrogen) atoms. The first-order chi connectivity index (χ1) is 9.93. The fraction of sp³-hybridized carbons (Fsp3) is 0.500. The lowest BCUT2D eigenvalue weighted by molar-refractivity contribution is -0.113. The molecule has 5 nitrogen and oxygen atoms in total. The number of aliphatic hydroxyl groups excluding tert-OH is 2. The lowest BCUT2D eigenvalue weighted by Crippen LogP contribution is -2.46. The second kappa shape index (κ2) is 6.37. The summed E-state index contributed by atoms with van der Waals surface area (Å²) < 4.78 is 0. The quantitative estimate of drug-likeness (QED) is 0.719. The minimum absolute atomic E-state index is 0.0153. The van der Waals surface area contributed by atoms with Crippen molar-refractivity contribution in [1.82, 2.24) is 5.32 Å². The van der Waals surface area contributed by atoms with Crippen molar-refractivity contribution in [1.29, 1.82) is 0 Å². The normalized spacial score (nSPS) is 24.1. The molecule has 3 atom stereocenters. The predicted molar refractivity (Wildman–Crippen MR) is 82.2 cm³/mol. The predicted octanol–water partition coefficient (Wildman–Crippen LogP) is 1.66. The summed E-state index contributed by atoms with van der Waals surface area (Å²) in [6, 6.07) is 0.173. The zero-order valence-corrected chi connectivity index (χ0v) is 12.6. The van der Waals surface area contributed by atoms with E-state index in [-0.39, 0.29) is 29.7 Å². The van der Waals surface area contributed by atoms with Crippen LogP contribution in [-0.4, -0.2) is 40.0 Å². The number of allylic oxidation sites excluding steroid dienone is 4. The van der Waals surface area contributed by atoms with E-state index in [1.54, 1.807) is 12.2 Å². The van der Waals surface area contributed by atoms with Gasteiger partial charge in [0, 0.05) is 24.1 Å². The van der Waals surface area contributed by atoms with Crippen LogP contribution in [0.5, 0.6) is 0 Å². The molecule has 0 radical (unpaired) electrons. The number of amides is 1. The largest absolute Gasteiger partial charge is 0.506 e. The molecule has 0 saturated heterocycles. The van der Waals surface area contributed by atoms with E-state index in [0.29, 0.717) is 5.71 Å². The van der Waals surface area contributed by atoms with Gasteiger partial charge in [0.2, 0.25) is 0 Å². The first-order valence-electron chi connectivity index (χ1n) is 7.30. The average Bonchev–Trinajstić information content (AvgIpc) is 2.45. The third-order valence-corrected chi connectivity index (χ3v) is 3.72. The van der Waals surface area contributed by atoms with E-state index in [2.05, 4.69) is 10.3 Å². The Morgan fingerprint density at radius 2 is 2.10 bits per heavy atom. The summed E-state index contributed by atoms with van der Waals surface area (Å²) in [5.41, 5.74) is 1.06. The van der Waals surface area contributed by atoms with Gasteiger partial charge in [0.25, 0.3) is 5.91 Å². The van der Waals surface area contributed by atoms with Gasteiger partial charge in [-0.15, -0.1) is 0 Å². The van der Waals surface area contributed by atoms with Gasteiger partial charge in [-0.05, 0) is 18.1 Å². The first kappa shape index (κ1) is 15.7. The molecule has 0 bridgehead atoms. The van der Waals surface area contributed by atoms with Crippen LogP contribution in [0.15, 0.2) is 40.6 Å². The number of aliphatic hydroxyl groups is 2. The van der Waals surface area contributed by atoms with Gasteiger partial charge in [-0.25, -0.2) is 4.99 Å². The summed E-state index contributed by atoms with van der Waals surface area (Å²) in [7, 11) is 0. The summed E-state index contributed by atoms with van der Waals surface area (Å²) in [6.07, 6.45) is 6.34. The fourth-order valence-corrected chi connectivity index (χ4v) is 2.72. The molecule has 5 heteroatoms. The molecule has 1 unspecified atom stereocenters. The maximum Gasteiger partial charge on any atom is 0.269 e. The molecule has 1 aliphatic carbocycles. The Morgan fingerprint density at radius 1 is 1.38 bits per heavy atom. The number of hydrogen-bond donors (Lipinski definition) is 3. The van der Waals surface area contributed by atoms with Crippen LogP contribution in [0.4, 0.5) is 0 Å². The number of rotatable bonds is 5. The standard InChI is InChI=1S/C16H22N2O3/c1-4-12(17-9(2)3)16(21)11-5-7-13(19)15-10(11)6-8-14(20)18-15/h5-10,12,16-17,19,21H,4H2,1-3H3/t10?,12-,16+/m1/s1. The number of nitrogens with zero attached hydrogens (tertiary/aromatic N) is 1. The van der Waals surface area contributed by atoms with Gasteiger partial charge >= 0.3 is 0 Å². The molecule has 0 fully saturated rings. The summed E-state index contributed by atoms with van der Waals surface area (Å²) in [6.45, 7) is 6.07. The van der Waals surface area contributed by atoms with Crippen molar-refractivity contribution in [3.05, 3.63) is 35.6 Å². The number of dihydropyridines is 1. The Balaban J connectivity index is 2.28. The van der Waals surface area contributed by atoms with Gasteiger partial charge in [-0.1, -0.05) is 32.9 Å². The molecule has 0 saturated carbocycles. The van der Waals surface area contributed by atoms with Crippen molar-refractivity contribution in [2.75, 3.05) is 0 Å². The van der Waals surface area contributed by atoms with E-state index in [9.17, 15) is 15.0 Å². The van der Waals surface area contributed by atoms with Gasteiger partial charge in [-0.3, -0.25) is 4.79 Å². The van der Waals surface area contributed by atoms with Gasteiger partial charge in [0.1, 0.15) is 5.76 Å². The highest BCUT2D eigenvalue weighted by atomic mass is 16.3. The summed E-state index contributed by atoms with van der Waals surface area (Å²) in [5.74, 6) is -0.742. The van der Waals surface area contributed by atoms with Crippen molar-refractivity contribution in [3.63, 3.8) is 0 Å². The zero-order chi connectivity index (χ0) is 15.6. The van der Waals surface area contributed by atoms with Crippen LogP contribution in [0, 0.1) is 5.92 Å². The van der Waals surface area contributed by atoms with E-state index in [0.717, 1.165) is 12.0 Å². The molecule has 3 N–H and O–H groups in total. The Labute approximate surface area is 124 Å². The topological polar surface area (TPSA) is 81.9 Å². The van der Waals surface area contributed by atoms with Crippen LogP contribution in [0.3, 0.4) is 0 Å². The number of nitrogens with one attached hydrogen (secondary N) is 1. The van der Waals surface area contributed by atoms with Crippen LogP contribution in [-0.2, 0) is 4.79 Å². The van der Waals surface area contributed by atoms with E-state index in [4.69, 9.17) is 0 Å². The first-order valence-corrected chi connectivity index (χ1v) is 7.30. The highest BCUT2D eigenvalue weighted by molar-refractivity contribution is 6.13. The van der Waals surface area contributed by atoms with Crippen LogP contribution < -0.4 is 5.32 Å². The third-order valence-electron chi connectivity index (χ3n) is 3.72. The van der Waals surface area contributed by atoms with Crippen LogP contribution >= 0.6 is 0 Å². The minimum atomic E-state index is -0.699. The molecule has 2 aliphatic rings. The van der Waals surface area contributed by atoms with Gasteiger partial charge in [-0.2, -0.15) is 0 Å². The molecule has 0 aromatic carbocycles. The average molecular weight is 290 g/mol. The number of carbonyl (C=O) groups is 1. The van der Waals surface area contributed by atoms with Crippen LogP contribution in [0.25, 0.3) is 0 Å². The Morgan fingerprint density at radius 3 is 2.71 bits per heavy atom. The molecule has 0 aromatic rings. The maximum absolute atomic E-state index is 11.4. The van der Waals surface area contributed by atoms with E-state index >= 15 is 0 Å². The molecule has 1 heterocycles. The third kappa shape index (κ3) is 3.31. The fourth-order valence-electron chi connectivity index (χ4n) is 2.72. The maximum atomic E-state index is 11.4. The lowest BCUT2D eigenvalue weighted by atomic mass is 9.81. The van der Waals surface area contributed by atoms with Gasteiger partial charge in [0.05, 0.1) is 11.8 Å². The monoisotopic (exact) mass is 290 g/mol. The van der Waals surface area contributed by atoms with Crippen molar-refractivity contribution in [2.24, 2.45) is 10.9 Å². The van der Waals surface area contributed by atoms with Crippen LogP contribution in [0.2, 0.25) is 0 Å². The van der Waals surface area contributed by atoms with Gasteiger partial charge < -0.3 is 15.5 Å². The Kier molecular flexibility index (Phi) is 4.75. The summed E-state index contributed by atoms with van der Waals surface area (Å²) in [4.78, 5) is 15.2. The van der Waals surface area contributed by atoms with Gasteiger partial charge in [0.15, 0.2) is 0 Å². The molecule has 0 aromatic heterocycles. The van der Waals surface area contributed by atoms with Crippen molar-refractivity contribution in [3.8, 4) is 0 Å². The molecular formula is C16H22N2O3. The Bertz CT molecular complexity index is 544. The number of fused-ring (bicyclic) bond motifs is 1. The van der Waals surface area contributed by atoms with E-state index in [1.165, 1.54) is 12.2 Å². The molecular weight excluding hydrogens is 268 g/mol. The SMILES string of the molecule is CC[C@@H](NC(C)C)[C@@H](O)C1=CC=C(O)C2=NC(=O)C=CC12. The summed E-state index contributed by atoms with van der Waals surface area (Å²) in [5, 5.41) is 23.9. The highest BCUT2D eigenvalue weighted by Gasteiger charge is 2.33. The van der Waals surface area contributed by atoms with Crippen molar-refractivity contribution >= 4 is 11.6 Å². The minimum Gasteiger partial charge on any atom is -0.506 e. The molecule has 0 spiro atoms. The van der Waals surface area contributed by atoms with Crippen molar-refractivity contribution < 1.29 is 15.0 Å². The molecule has 114 valence electrons. The van der Waals surface area contributed by atoms with Crippen LogP contribution in [0.1, 0.15) is 27.2 Å². The number of carbonyl (C=O) groups excluding carboxylic acids is 1. The van der Waals surface area contributed by atoms with E-state index < -0.39 is 6.10 Å². The lowest BCUT2D eigenvalue weighted by Gasteiger charge is -2.32. The smallest absolute Gasteiger partial charge is 0.269 e. The second-order valence-electron chi connectivity index (χ2n) is 5.67. The number of hydrogen-bond acceptors (Lipinski definition) is 4. The Hall–Kier alpha value is -1.72. The number of aliphatic imine (C=N–C) groups is 1. The molecule has 1 aliphatic heterocycles. The molecule has 1 amide bonds. The second-order valence-corrected chi connectivity index (χ2v) is 5.67. The highest BCUT2D eigenvalue weighted by Crippen LogP contribution is 2.30. The zero-order valence-electron chi connectivity index (χ0n) is 12.6. The summed E-state index contributed by atoms with van der Waals surface area (Å²) >= 11 is 0.